The van der Waals surface area contributed by atoms with Crippen molar-refractivity contribution in [1.82, 2.24) is 4.90 Å². The molecule has 2 fully saturated rings. The lowest BCUT2D eigenvalue weighted by Crippen LogP contribution is -2.67. The molecule has 5 heteroatoms. The third kappa shape index (κ3) is 2.42. The van der Waals surface area contributed by atoms with Gasteiger partial charge in [0.15, 0.2) is 23.4 Å². The summed E-state index contributed by atoms with van der Waals surface area (Å²) in [7, 11) is 2.16. The Hall–Kier alpha value is -1.59. The van der Waals surface area contributed by atoms with Crippen LogP contribution in [-0.2, 0) is 16.6 Å². The van der Waals surface area contributed by atoms with Crippen molar-refractivity contribution >= 4 is 5.78 Å². The van der Waals surface area contributed by atoms with Gasteiger partial charge in [-0.2, -0.15) is 0 Å². The number of phenols is 1. The highest BCUT2D eigenvalue weighted by atomic mass is 16.5. The van der Waals surface area contributed by atoms with Crippen LogP contribution in [0.3, 0.4) is 0 Å². The fourth-order valence-corrected chi connectivity index (χ4v) is 6.31. The number of benzene rings is 1. The van der Waals surface area contributed by atoms with Crippen molar-refractivity contribution < 1.29 is 19.7 Å². The van der Waals surface area contributed by atoms with E-state index in [0.717, 1.165) is 43.0 Å². The average molecular weight is 386 g/mol. The number of ketones is 1. The Morgan fingerprint density at radius 1 is 1.32 bits per heavy atom. The van der Waals surface area contributed by atoms with Crippen LogP contribution in [0.4, 0.5) is 0 Å². The van der Waals surface area contributed by atoms with E-state index in [1.165, 1.54) is 12.8 Å². The van der Waals surface area contributed by atoms with Gasteiger partial charge >= 0.3 is 0 Å². The smallest absolute Gasteiger partial charge is 0.174 e. The third-order valence-corrected chi connectivity index (χ3v) is 7.89. The predicted octanol–water partition coefficient (Wildman–Crippen LogP) is 2.80. The fraction of sp³-hybridized carbons (Fsp3) is 0.696. The van der Waals surface area contributed by atoms with E-state index in [1.807, 2.05) is 6.07 Å². The van der Waals surface area contributed by atoms with Crippen LogP contribution in [0.25, 0.3) is 0 Å². The van der Waals surface area contributed by atoms with Crippen LogP contribution in [0.1, 0.15) is 56.6 Å². The van der Waals surface area contributed by atoms with E-state index in [1.54, 1.807) is 6.07 Å². The van der Waals surface area contributed by atoms with E-state index in [0.29, 0.717) is 25.0 Å². The molecule has 0 aromatic heterocycles. The molecule has 0 saturated heterocycles. The Kier molecular flexibility index (Phi) is 4.08. The molecular formula is C23H31NO4. The first-order valence-electron chi connectivity index (χ1n) is 10.8. The molecule has 1 aromatic carbocycles. The lowest BCUT2D eigenvalue weighted by molar-refractivity contribution is -0.165. The first-order chi connectivity index (χ1) is 13.4. The maximum absolute atomic E-state index is 12.9. The predicted molar refractivity (Wildman–Crippen MR) is 106 cm³/mol. The van der Waals surface area contributed by atoms with Crippen molar-refractivity contribution in [3.8, 4) is 11.5 Å². The second-order valence-corrected chi connectivity index (χ2v) is 9.72. The highest BCUT2D eigenvalue weighted by molar-refractivity contribution is 5.89. The topological polar surface area (TPSA) is 70.0 Å². The lowest BCUT2D eigenvalue weighted by Gasteiger charge is -2.56. The number of aromatic hydroxyl groups is 1. The number of carbonyl (C=O) groups excluding carboxylic acids is 1. The second kappa shape index (κ2) is 6.20. The molecule has 0 bridgehead atoms. The molecule has 3 aliphatic carbocycles. The Morgan fingerprint density at radius 2 is 2.11 bits per heavy atom. The molecule has 0 spiro atoms. The molecule has 4 aliphatic rings. The van der Waals surface area contributed by atoms with Crippen LogP contribution < -0.4 is 4.74 Å². The zero-order valence-electron chi connectivity index (χ0n) is 16.9. The van der Waals surface area contributed by atoms with Crippen LogP contribution in [0.5, 0.6) is 11.5 Å². The Morgan fingerprint density at radius 3 is 2.86 bits per heavy atom. The SMILES string of the molecule is C[C@@H]1Cc2ccc(O)c3c2[C@@]2(CCCN(C)CC4CC4)[C@@H](O3)C(=O)CC[C@@]12O. The minimum Gasteiger partial charge on any atom is -0.504 e. The number of ether oxygens (including phenoxy) is 1. The minimum atomic E-state index is -0.966. The van der Waals surface area contributed by atoms with Crippen molar-refractivity contribution in [3.05, 3.63) is 23.3 Å². The Balaban J connectivity index is 1.53. The van der Waals surface area contributed by atoms with Crippen LogP contribution in [0.2, 0.25) is 0 Å². The van der Waals surface area contributed by atoms with Crippen molar-refractivity contribution in [2.75, 3.05) is 20.1 Å². The maximum Gasteiger partial charge on any atom is 0.174 e. The van der Waals surface area contributed by atoms with Gasteiger partial charge in [0.2, 0.25) is 0 Å². The summed E-state index contributed by atoms with van der Waals surface area (Å²) in [6.07, 6.45) is 5.20. The molecule has 1 aromatic rings. The summed E-state index contributed by atoms with van der Waals surface area (Å²) in [6, 6.07) is 3.63. The van der Waals surface area contributed by atoms with Gasteiger partial charge in [0, 0.05) is 18.5 Å². The standard InChI is InChI=1S/C23H31NO4/c1-14-12-16-6-7-17(25)20-19(16)22(9-3-11-24(2)13-15-4-5-15)21(28-20)18(26)8-10-23(14,22)27/h6-7,14-15,21,25,27H,3-5,8-13H2,1-2H3/t14-,21+,22+,23-/m1/s1. The van der Waals surface area contributed by atoms with Crippen molar-refractivity contribution in [1.29, 1.82) is 0 Å². The van der Waals surface area contributed by atoms with Crippen molar-refractivity contribution in [3.63, 3.8) is 0 Å². The summed E-state index contributed by atoms with van der Waals surface area (Å²) >= 11 is 0. The van der Waals surface area contributed by atoms with Crippen LogP contribution in [0.15, 0.2) is 12.1 Å². The molecule has 5 nitrogen and oxygen atoms in total. The first kappa shape index (κ1) is 18.4. The van der Waals surface area contributed by atoms with E-state index >= 15 is 0 Å². The number of aliphatic hydroxyl groups is 1. The van der Waals surface area contributed by atoms with Crippen LogP contribution in [0, 0.1) is 11.8 Å². The highest BCUT2D eigenvalue weighted by Crippen LogP contribution is 2.64. The van der Waals surface area contributed by atoms with E-state index in [9.17, 15) is 15.0 Å². The van der Waals surface area contributed by atoms with Gasteiger partial charge in [0.25, 0.3) is 0 Å². The molecule has 4 atom stereocenters. The fourth-order valence-electron chi connectivity index (χ4n) is 6.31. The van der Waals surface area contributed by atoms with Gasteiger partial charge in [-0.15, -0.1) is 0 Å². The van der Waals surface area contributed by atoms with Crippen LogP contribution >= 0.6 is 0 Å². The quantitative estimate of drug-likeness (QED) is 0.788. The molecular weight excluding hydrogens is 354 g/mol. The van der Waals surface area contributed by atoms with Crippen molar-refractivity contribution in [2.45, 2.75) is 69.0 Å². The highest BCUT2D eigenvalue weighted by Gasteiger charge is 2.69. The summed E-state index contributed by atoms with van der Waals surface area (Å²) in [5.41, 5.74) is 0.334. The molecule has 2 saturated carbocycles. The van der Waals surface area contributed by atoms with Gasteiger partial charge in [-0.1, -0.05) is 13.0 Å². The van der Waals surface area contributed by atoms with E-state index < -0.39 is 17.1 Å². The lowest BCUT2D eigenvalue weighted by atomic mass is 9.49. The van der Waals surface area contributed by atoms with Gasteiger partial charge < -0.3 is 19.8 Å². The summed E-state index contributed by atoms with van der Waals surface area (Å²) in [4.78, 5) is 15.3. The molecule has 5 rings (SSSR count). The third-order valence-electron chi connectivity index (χ3n) is 7.89. The van der Waals surface area contributed by atoms with Crippen molar-refractivity contribution in [2.24, 2.45) is 11.8 Å². The summed E-state index contributed by atoms with van der Waals surface area (Å²) in [5, 5.41) is 22.4. The number of carbonyl (C=O) groups is 1. The molecule has 0 radical (unpaired) electrons. The molecule has 28 heavy (non-hydrogen) atoms. The Bertz CT molecular complexity index is 819. The normalized spacial score (nSPS) is 35.8. The molecule has 1 heterocycles. The van der Waals surface area contributed by atoms with Crippen LogP contribution in [-0.4, -0.2) is 52.7 Å². The first-order valence-corrected chi connectivity index (χ1v) is 10.8. The zero-order chi connectivity index (χ0) is 19.7. The minimum absolute atomic E-state index is 0.0545. The summed E-state index contributed by atoms with van der Waals surface area (Å²) in [5.74, 6) is 1.49. The second-order valence-electron chi connectivity index (χ2n) is 9.72. The molecule has 152 valence electrons. The number of rotatable bonds is 6. The number of hydrogen-bond donors (Lipinski definition) is 2. The molecule has 2 N–H and O–H groups in total. The molecule has 0 unspecified atom stereocenters. The van der Waals surface area contributed by atoms with Gasteiger partial charge in [-0.05, 0) is 75.6 Å². The number of Topliss-reactive ketones (excluding diaryl/α,β-unsaturated/α-hetero) is 1. The van der Waals surface area contributed by atoms with E-state index in [2.05, 4.69) is 18.9 Å². The summed E-state index contributed by atoms with van der Waals surface area (Å²) < 4.78 is 6.12. The number of hydrogen-bond acceptors (Lipinski definition) is 5. The summed E-state index contributed by atoms with van der Waals surface area (Å²) in [6.45, 7) is 4.18. The molecule has 0 amide bonds. The van der Waals surface area contributed by atoms with Gasteiger partial charge in [-0.3, -0.25) is 4.79 Å². The van der Waals surface area contributed by atoms with Gasteiger partial charge in [0.05, 0.1) is 11.0 Å². The largest absolute Gasteiger partial charge is 0.504 e. The van der Waals surface area contributed by atoms with E-state index in [-0.39, 0.29) is 17.5 Å². The van der Waals surface area contributed by atoms with Gasteiger partial charge in [-0.25, -0.2) is 0 Å². The molecule has 1 aliphatic heterocycles. The van der Waals surface area contributed by atoms with E-state index in [4.69, 9.17) is 4.74 Å². The number of phenolic OH excluding ortho intramolecular Hbond substituents is 1. The monoisotopic (exact) mass is 385 g/mol. The average Bonchev–Trinajstić information content (AvgIpc) is 3.38. The zero-order valence-corrected chi connectivity index (χ0v) is 16.9. The number of nitrogens with zero attached hydrogens (tertiary/aromatic N) is 1. The van der Waals surface area contributed by atoms with Gasteiger partial charge in [0.1, 0.15) is 0 Å². The Labute approximate surface area is 166 Å². The maximum atomic E-state index is 12.9.